The number of nitrogens with two attached hydrogens (primary N) is 1. The van der Waals surface area contributed by atoms with Crippen LogP contribution in [0.1, 0.15) is 18.0 Å². The van der Waals surface area contributed by atoms with Crippen LogP contribution < -0.4 is 5.73 Å². The summed E-state index contributed by atoms with van der Waals surface area (Å²) in [6.45, 7) is 0.000340. The van der Waals surface area contributed by atoms with Crippen molar-refractivity contribution in [1.29, 1.82) is 0 Å². The van der Waals surface area contributed by atoms with Gasteiger partial charge in [0.2, 0.25) is 0 Å². The molecule has 1 aromatic carbocycles. The Morgan fingerprint density at radius 3 is 2.73 bits per heavy atom. The molecular formula is C12H13NO2. The first-order chi connectivity index (χ1) is 7.24. The van der Waals surface area contributed by atoms with Gasteiger partial charge in [-0.3, -0.25) is 4.79 Å². The molecule has 0 aliphatic rings. The van der Waals surface area contributed by atoms with Crippen molar-refractivity contribution < 1.29 is 9.53 Å². The number of rotatable bonds is 4. The maximum atomic E-state index is 11.2. The molecule has 1 aromatic rings. The van der Waals surface area contributed by atoms with Crippen LogP contribution in [0.15, 0.2) is 30.3 Å². The minimum absolute atomic E-state index is 0.000340. The van der Waals surface area contributed by atoms with E-state index in [9.17, 15) is 4.79 Å². The van der Waals surface area contributed by atoms with Gasteiger partial charge in [-0.15, -0.1) is 6.42 Å². The second-order valence-electron chi connectivity index (χ2n) is 3.09. The first-order valence-corrected chi connectivity index (χ1v) is 4.63. The maximum absolute atomic E-state index is 11.2. The zero-order valence-electron chi connectivity index (χ0n) is 8.35. The van der Waals surface area contributed by atoms with Gasteiger partial charge in [0.1, 0.15) is 0 Å². The fourth-order valence-corrected chi connectivity index (χ4v) is 1.18. The maximum Gasteiger partial charge on any atom is 0.308 e. The van der Waals surface area contributed by atoms with E-state index in [1.807, 2.05) is 30.3 Å². The van der Waals surface area contributed by atoms with Crippen molar-refractivity contribution in [3.63, 3.8) is 0 Å². The topological polar surface area (TPSA) is 52.3 Å². The molecule has 0 aliphatic heterocycles. The van der Waals surface area contributed by atoms with E-state index < -0.39 is 0 Å². The lowest BCUT2D eigenvalue weighted by atomic mass is 10.1. The Labute approximate surface area is 89.2 Å². The fraction of sp³-hybridized carbons (Fsp3) is 0.250. The molecule has 3 nitrogen and oxygen atoms in total. The summed E-state index contributed by atoms with van der Waals surface area (Å²) in [6.07, 6.45) is 5.10. The van der Waals surface area contributed by atoms with Crippen LogP contribution in [-0.2, 0) is 9.53 Å². The molecule has 0 amide bonds. The van der Waals surface area contributed by atoms with Gasteiger partial charge in [-0.25, -0.2) is 0 Å². The summed E-state index contributed by atoms with van der Waals surface area (Å²) in [7, 11) is 0. The van der Waals surface area contributed by atoms with Gasteiger partial charge >= 0.3 is 5.97 Å². The van der Waals surface area contributed by atoms with Crippen molar-refractivity contribution in [3.05, 3.63) is 35.9 Å². The molecule has 0 radical (unpaired) electrons. The quantitative estimate of drug-likeness (QED) is 0.592. The van der Waals surface area contributed by atoms with E-state index in [4.69, 9.17) is 16.9 Å². The van der Waals surface area contributed by atoms with Gasteiger partial charge < -0.3 is 10.5 Å². The number of ether oxygens (including phenoxy) is 1. The van der Waals surface area contributed by atoms with Crippen molar-refractivity contribution >= 4 is 5.97 Å². The van der Waals surface area contributed by atoms with Gasteiger partial charge in [0.15, 0.2) is 6.61 Å². The predicted molar refractivity (Wildman–Crippen MR) is 57.8 cm³/mol. The van der Waals surface area contributed by atoms with Gasteiger partial charge in [0.05, 0.1) is 6.42 Å². The van der Waals surface area contributed by atoms with E-state index in [1.54, 1.807) is 0 Å². The van der Waals surface area contributed by atoms with Crippen molar-refractivity contribution in [2.45, 2.75) is 12.5 Å². The SMILES string of the molecule is C#CCOC(=O)CC(N)c1ccccc1. The molecule has 1 rings (SSSR count). The molecule has 0 fully saturated rings. The normalized spacial score (nSPS) is 11.5. The first kappa shape index (κ1) is 11.3. The third kappa shape index (κ3) is 3.84. The van der Waals surface area contributed by atoms with Gasteiger partial charge in [0.25, 0.3) is 0 Å². The summed E-state index contributed by atoms with van der Waals surface area (Å²) in [5.74, 6) is 1.86. The highest BCUT2D eigenvalue weighted by molar-refractivity contribution is 5.70. The Bertz CT molecular complexity index is 354. The number of carbonyl (C=O) groups excluding carboxylic acids is 1. The highest BCUT2D eigenvalue weighted by Gasteiger charge is 2.11. The van der Waals surface area contributed by atoms with Gasteiger partial charge in [-0.05, 0) is 5.56 Å². The van der Waals surface area contributed by atoms with Crippen molar-refractivity contribution in [2.75, 3.05) is 6.61 Å². The Morgan fingerprint density at radius 1 is 1.47 bits per heavy atom. The first-order valence-electron chi connectivity index (χ1n) is 4.63. The van der Waals surface area contributed by atoms with E-state index in [0.717, 1.165) is 5.56 Å². The summed E-state index contributed by atoms with van der Waals surface area (Å²) in [4.78, 5) is 11.2. The number of benzene rings is 1. The van der Waals surface area contributed by atoms with E-state index in [2.05, 4.69) is 5.92 Å². The van der Waals surface area contributed by atoms with Crippen LogP contribution >= 0.6 is 0 Å². The Hall–Kier alpha value is -1.79. The van der Waals surface area contributed by atoms with E-state index in [-0.39, 0.29) is 25.0 Å². The van der Waals surface area contributed by atoms with Crippen molar-refractivity contribution in [3.8, 4) is 12.3 Å². The highest BCUT2D eigenvalue weighted by Crippen LogP contribution is 2.13. The molecule has 78 valence electrons. The van der Waals surface area contributed by atoms with Gasteiger partial charge in [-0.2, -0.15) is 0 Å². The fourth-order valence-electron chi connectivity index (χ4n) is 1.18. The van der Waals surface area contributed by atoms with Crippen LogP contribution in [0.2, 0.25) is 0 Å². The van der Waals surface area contributed by atoms with Crippen LogP contribution in [0.4, 0.5) is 0 Å². The molecule has 1 atom stereocenters. The Morgan fingerprint density at radius 2 is 2.13 bits per heavy atom. The lowest BCUT2D eigenvalue weighted by molar-refractivity contribution is -0.142. The highest BCUT2D eigenvalue weighted by atomic mass is 16.5. The zero-order chi connectivity index (χ0) is 11.1. The van der Waals surface area contributed by atoms with Crippen LogP contribution in [-0.4, -0.2) is 12.6 Å². The second-order valence-corrected chi connectivity index (χ2v) is 3.09. The standard InChI is InChI=1S/C12H13NO2/c1-2-8-15-12(14)9-11(13)10-6-4-3-5-7-10/h1,3-7,11H,8-9,13H2. The van der Waals surface area contributed by atoms with Crippen LogP contribution in [0.3, 0.4) is 0 Å². The Balaban J connectivity index is 2.46. The third-order valence-electron chi connectivity index (χ3n) is 1.93. The molecule has 0 spiro atoms. The lowest BCUT2D eigenvalue weighted by Gasteiger charge is -2.10. The second kappa shape index (κ2) is 5.84. The number of esters is 1. The molecule has 0 heterocycles. The summed E-state index contributed by atoms with van der Waals surface area (Å²) >= 11 is 0. The summed E-state index contributed by atoms with van der Waals surface area (Å²) in [5, 5.41) is 0. The molecule has 0 aliphatic carbocycles. The van der Waals surface area contributed by atoms with E-state index in [0.29, 0.717) is 0 Å². The number of terminal acetylenes is 1. The van der Waals surface area contributed by atoms with Gasteiger partial charge in [-0.1, -0.05) is 36.3 Å². The summed E-state index contributed by atoms with van der Waals surface area (Å²) in [6, 6.07) is 9.06. The number of carbonyl (C=O) groups is 1. The molecule has 0 saturated heterocycles. The third-order valence-corrected chi connectivity index (χ3v) is 1.93. The predicted octanol–water partition coefficient (Wildman–Crippen LogP) is 1.25. The van der Waals surface area contributed by atoms with Crippen LogP contribution in [0, 0.1) is 12.3 Å². The van der Waals surface area contributed by atoms with Crippen LogP contribution in [0.25, 0.3) is 0 Å². The molecule has 15 heavy (non-hydrogen) atoms. The molecule has 2 N–H and O–H groups in total. The number of hydrogen-bond acceptors (Lipinski definition) is 3. The summed E-state index contributed by atoms with van der Waals surface area (Å²) < 4.78 is 4.73. The van der Waals surface area contributed by atoms with Gasteiger partial charge in [0, 0.05) is 6.04 Å². The smallest absolute Gasteiger partial charge is 0.308 e. The molecule has 1 unspecified atom stereocenters. The summed E-state index contributed by atoms with van der Waals surface area (Å²) in [5.41, 5.74) is 6.73. The number of hydrogen-bond donors (Lipinski definition) is 1. The van der Waals surface area contributed by atoms with E-state index in [1.165, 1.54) is 0 Å². The minimum Gasteiger partial charge on any atom is -0.452 e. The molecule has 0 saturated carbocycles. The Kier molecular flexibility index (Phi) is 4.39. The minimum atomic E-state index is -0.371. The van der Waals surface area contributed by atoms with Crippen molar-refractivity contribution in [2.24, 2.45) is 5.73 Å². The lowest BCUT2D eigenvalue weighted by Crippen LogP contribution is -2.17. The average molecular weight is 203 g/mol. The van der Waals surface area contributed by atoms with E-state index >= 15 is 0 Å². The largest absolute Gasteiger partial charge is 0.452 e. The average Bonchev–Trinajstić information content (AvgIpc) is 2.27. The molecular weight excluding hydrogens is 190 g/mol. The molecule has 3 heteroatoms. The monoisotopic (exact) mass is 203 g/mol. The van der Waals surface area contributed by atoms with Crippen molar-refractivity contribution in [1.82, 2.24) is 0 Å². The molecule has 0 bridgehead atoms. The van der Waals surface area contributed by atoms with Crippen LogP contribution in [0.5, 0.6) is 0 Å². The molecule has 0 aromatic heterocycles. The zero-order valence-corrected chi connectivity index (χ0v) is 8.35.